The summed E-state index contributed by atoms with van der Waals surface area (Å²) in [6.45, 7) is 2.72. The summed E-state index contributed by atoms with van der Waals surface area (Å²) in [6.07, 6.45) is -0.339. The summed E-state index contributed by atoms with van der Waals surface area (Å²) in [4.78, 5) is 41.9. The number of hydrogen-bond donors (Lipinski definition) is 1. The van der Waals surface area contributed by atoms with Crippen LogP contribution < -0.4 is 5.32 Å². The molecule has 2 amide bonds. The highest BCUT2D eigenvalue weighted by Crippen LogP contribution is 2.29. The molecule has 0 atom stereocenters. The molecule has 32 heavy (non-hydrogen) atoms. The molecule has 0 saturated heterocycles. The van der Waals surface area contributed by atoms with Gasteiger partial charge in [0.15, 0.2) is 5.69 Å². The van der Waals surface area contributed by atoms with Crippen LogP contribution in [0.5, 0.6) is 0 Å². The van der Waals surface area contributed by atoms with E-state index in [1.165, 1.54) is 23.1 Å². The number of alkyl halides is 3. The van der Waals surface area contributed by atoms with Crippen LogP contribution in [0.4, 0.5) is 13.2 Å². The molecule has 170 valence electrons. The van der Waals surface area contributed by atoms with Crippen LogP contribution in [0.15, 0.2) is 36.5 Å². The van der Waals surface area contributed by atoms with Crippen molar-refractivity contribution in [1.29, 1.82) is 0 Å². The SMILES string of the molecule is CCOC(=O)c1cn2c(n1)CN(C(=O)CNC(=O)/C=C/c1ccc(C(F)(F)F)cc1)CC2. The maximum atomic E-state index is 12.6. The normalized spacial score (nSPS) is 13.7. The zero-order valence-corrected chi connectivity index (χ0v) is 17.2. The molecule has 8 nitrogen and oxygen atoms in total. The van der Waals surface area contributed by atoms with Gasteiger partial charge in [-0.2, -0.15) is 13.2 Å². The molecule has 3 rings (SSSR count). The van der Waals surface area contributed by atoms with Crippen molar-refractivity contribution < 1.29 is 32.3 Å². The molecular weight excluding hydrogens is 429 g/mol. The van der Waals surface area contributed by atoms with Crippen LogP contribution in [-0.2, 0) is 33.6 Å². The highest BCUT2D eigenvalue weighted by molar-refractivity contribution is 5.94. The van der Waals surface area contributed by atoms with Crippen molar-refractivity contribution in [2.45, 2.75) is 26.2 Å². The van der Waals surface area contributed by atoms with Gasteiger partial charge in [0, 0.05) is 25.4 Å². The predicted molar refractivity (Wildman–Crippen MR) is 107 cm³/mol. The fourth-order valence-corrected chi connectivity index (χ4v) is 3.06. The number of ether oxygens (including phenoxy) is 1. The lowest BCUT2D eigenvalue weighted by atomic mass is 10.1. The van der Waals surface area contributed by atoms with Crippen molar-refractivity contribution in [2.24, 2.45) is 0 Å². The largest absolute Gasteiger partial charge is 0.461 e. The highest BCUT2D eigenvalue weighted by Gasteiger charge is 2.29. The minimum atomic E-state index is -4.42. The van der Waals surface area contributed by atoms with Gasteiger partial charge in [0.25, 0.3) is 0 Å². The number of aromatic nitrogens is 2. The average molecular weight is 450 g/mol. The van der Waals surface area contributed by atoms with Gasteiger partial charge in [-0.3, -0.25) is 9.59 Å². The van der Waals surface area contributed by atoms with E-state index in [4.69, 9.17) is 4.74 Å². The average Bonchev–Trinajstić information content (AvgIpc) is 3.19. The van der Waals surface area contributed by atoms with E-state index in [0.29, 0.717) is 24.5 Å². The molecule has 0 spiro atoms. The molecule has 1 aromatic carbocycles. The van der Waals surface area contributed by atoms with Crippen molar-refractivity contribution in [3.05, 3.63) is 59.2 Å². The van der Waals surface area contributed by atoms with E-state index >= 15 is 0 Å². The molecule has 0 aliphatic carbocycles. The minimum Gasteiger partial charge on any atom is -0.461 e. The standard InChI is InChI=1S/C21H21F3N4O4/c1-2-32-20(31)16-12-27-9-10-28(13-17(27)26-16)19(30)11-25-18(29)8-5-14-3-6-15(7-4-14)21(22,23)24/h3-8,12H,2,9-11,13H2,1H3,(H,25,29)/b8-5+. The second kappa shape index (κ2) is 9.67. The minimum absolute atomic E-state index is 0.179. The quantitative estimate of drug-likeness (QED) is 0.538. The van der Waals surface area contributed by atoms with Crippen LogP contribution in [0.1, 0.15) is 34.4 Å². The molecule has 0 unspecified atom stereocenters. The zero-order valence-electron chi connectivity index (χ0n) is 17.2. The Hall–Kier alpha value is -3.63. The number of halogens is 3. The first kappa shape index (κ1) is 23.0. The van der Waals surface area contributed by atoms with E-state index in [1.807, 2.05) is 0 Å². The van der Waals surface area contributed by atoms with Gasteiger partial charge in [-0.1, -0.05) is 12.1 Å². The third kappa shape index (κ3) is 5.74. The molecule has 0 saturated carbocycles. The van der Waals surface area contributed by atoms with Gasteiger partial charge < -0.3 is 19.5 Å². The second-order valence-corrected chi connectivity index (χ2v) is 6.94. The molecule has 2 aromatic rings. The third-order valence-electron chi connectivity index (χ3n) is 4.72. The van der Waals surface area contributed by atoms with E-state index in [1.54, 1.807) is 17.7 Å². The molecule has 1 N–H and O–H groups in total. The number of rotatable bonds is 6. The van der Waals surface area contributed by atoms with Gasteiger partial charge in [0.1, 0.15) is 5.82 Å². The monoisotopic (exact) mass is 450 g/mol. The topological polar surface area (TPSA) is 93.5 Å². The smallest absolute Gasteiger partial charge is 0.416 e. The summed E-state index contributed by atoms with van der Waals surface area (Å²) in [5.41, 5.74) is -0.182. The van der Waals surface area contributed by atoms with Crippen LogP contribution in [0.2, 0.25) is 0 Å². The fraction of sp³-hybridized carbons (Fsp3) is 0.333. The Morgan fingerprint density at radius 1 is 1.19 bits per heavy atom. The zero-order chi connectivity index (χ0) is 23.3. The Labute approximate surface area is 181 Å². The first-order chi connectivity index (χ1) is 15.2. The molecule has 0 fully saturated rings. The maximum absolute atomic E-state index is 12.6. The van der Waals surface area contributed by atoms with Gasteiger partial charge in [-0.25, -0.2) is 9.78 Å². The number of fused-ring (bicyclic) bond motifs is 1. The van der Waals surface area contributed by atoms with Crippen LogP contribution in [0.3, 0.4) is 0 Å². The number of hydrogen-bond acceptors (Lipinski definition) is 5. The summed E-state index contributed by atoms with van der Waals surface area (Å²) in [5.74, 6) is -0.866. The first-order valence-electron chi connectivity index (χ1n) is 9.81. The van der Waals surface area contributed by atoms with Crippen molar-refractivity contribution in [1.82, 2.24) is 19.8 Å². The predicted octanol–water partition coefficient (Wildman–Crippen LogP) is 2.25. The number of amides is 2. The molecule has 1 aliphatic rings. The van der Waals surface area contributed by atoms with E-state index in [-0.39, 0.29) is 31.3 Å². The summed E-state index contributed by atoms with van der Waals surface area (Å²) in [6, 6.07) is 4.35. The molecule has 2 heterocycles. The van der Waals surface area contributed by atoms with Crippen molar-refractivity contribution in [2.75, 3.05) is 19.7 Å². The third-order valence-corrected chi connectivity index (χ3v) is 4.72. The maximum Gasteiger partial charge on any atom is 0.416 e. The summed E-state index contributed by atoms with van der Waals surface area (Å²) < 4.78 is 44.4. The lowest BCUT2D eigenvalue weighted by Crippen LogP contribution is -2.43. The van der Waals surface area contributed by atoms with Crippen molar-refractivity contribution in [3.8, 4) is 0 Å². The van der Waals surface area contributed by atoms with Crippen LogP contribution in [0.25, 0.3) is 6.08 Å². The number of nitrogens with zero attached hydrogens (tertiary/aromatic N) is 3. The van der Waals surface area contributed by atoms with E-state index < -0.39 is 23.6 Å². The van der Waals surface area contributed by atoms with E-state index in [9.17, 15) is 27.6 Å². The van der Waals surface area contributed by atoms with Crippen LogP contribution >= 0.6 is 0 Å². The summed E-state index contributed by atoms with van der Waals surface area (Å²) in [5, 5.41) is 2.45. The number of imidazole rings is 1. The Kier molecular flexibility index (Phi) is 6.96. The lowest BCUT2D eigenvalue weighted by Gasteiger charge is -2.27. The Bertz CT molecular complexity index is 1030. The number of carbonyl (C=O) groups excluding carboxylic acids is 3. The molecular formula is C21H21F3N4O4. The second-order valence-electron chi connectivity index (χ2n) is 6.94. The van der Waals surface area contributed by atoms with E-state index in [0.717, 1.165) is 18.2 Å². The number of carbonyl (C=O) groups is 3. The van der Waals surface area contributed by atoms with Gasteiger partial charge in [0.2, 0.25) is 11.8 Å². The van der Waals surface area contributed by atoms with Crippen molar-refractivity contribution in [3.63, 3.8) is 0 Å². The van der Waals surface area contributed by atoms with Crippen LogP contribution in [0, 0.1) is 0 Å². The fourth-order valence-electron chi connectivity index (χ4n) is 3.06. The molecule has 1 aromatic heterocycles. The van der Waals surface area contributed by atoms with Crippen LogP contribution in [-0.4, -0.2) is 51.9 Å². The Balaban J connectivity index is 1.50. The van der Waals surface area contributed by atoms with Gasteiger partial charge in [0.05, 0.1) is 25.3 Å². The Morgan fingerprint density at radius 3 is 2.56 bits per heavy atom. The number of nitrogens with one attached hydrogen (secondary N) is 1. The molecule has 11 heteroatoms. The highest BCUT2D eigenvalue weighted by atomic mass is 19.4. The lowest BCUT2D eigenvalue weighted by molar-refractivity contribution is -0.137. The van der Waals surface area contributed by atoms with Gasteiger partial charge >= 0.3 is 12.1 Å². The Morgan fingerprint density at radius 2 is 1.91 bits per heavy atom. The van der Waals surface area contributed by atoms with Gasteiger partial charge in [-0.05, 0) is 30.7 Å². The summed E-state index contributed by atoms with van der Waals surface area (Å²) >= 11 is 0. The molecule has 1 aliphatic heterocycles. The summed E-state index contributed by atoms with van der Waals surface area (Å²) in [7, 11) is 0. The number of benzene rings is 1. The van der Waals surface area contributed by atoms with Gasteiger partial charge in [-0.15, -0.1) is 0 Å². The molecule has 0 radical (unpaired) electrons. The van der Waals surface area contributed by atoms with E-state index in [2.05, 4.69) is 10.3 Å². The molecule has 0 bridgehead atoms. The number of esters is 1. The first-order valence-corrected chi connectivity index (χ1v) is 9.81. The van der Waals surface area contributed by atoms with Crippen molar-refractivity contribution >= 4 is 23.9 Å².